The van der Waals surface area contributed by atoms with Crippen LogP contribution in [0.2, 0.25) is 0 Å². The zero-order chi connectivity index (χ0) is 19.5. The van der Waals surface area contributed by atoms with E-state index in [0.717, 1.165) is 29.9 Å². The Morgan fingerprint density at radius 1 is 1.21 bits per heavy atom. The number of aromatic nitrogens is 5. The highest BCUT2D eigenvalue weighted by molar-refractivity contribution is 5.91. The number of H-pyrrole nitrogens is 1. The van der Waals surface area contributed by atoms with Crippen LogP contribution in [0.25, 0.3) is 11.8 Å². The van der Waals surface area contributed by atoms with Crippen molar-refractivity contribution in [3.8, 4) is 5.69 Å². The van der Waals surface area contributed by atoms with Crippen molar-refractivity contribution in [1.29, 1.82) is 0 Å². The van der Waals surface area contributed by atoms with Gasteiger partial charge in [0.05, 0.1) is 11.9 Å². The first kappa shape index (κ1) is 18.0. The van der Waals surface area contributed by atoms with E-state index in [4.69, 9.17) is 0 Å². The van der Waals surface area contributed by atoms with Crippen LogP contribution in [0.1, 0.15) is 30.1 Å². The first-order chi connectivity index (χ1) is 13.6. The molecule has 1 aromatic carbocycles. The average Bonchev–Trinajstić information content (AvgIpc) is 3.32. The molecule has 1 fully saturated rings. The normalized spacial score (nSPS) is 15.4. The Labute approximate surface area is 162 Å². The zero-order valence-corrected chi connectivity index (χ0v) is 15.7. The predicted octanol–water partition coefficient (Wildman–Crippen LogP) is 1.71. The smallest absolute Gasteiger partial charge is 0.339 e. The summed E-state index contributed by atoms with van der Waals surface area (Å²) in [6, 6.07) is 9.49. The largest absolute Gasteiger partial charge is 0.347 e. The molecule has 1 N–H and O–H groups in total. The fourth-order valence-electron chi connectivity index (χ4n) is 3.57. The van der Waals surface area contributed by atoms with E-state index in [9.17, 15) is 9.59 Å². The van der Waals surface area contributed by atoms with Crippen LogP contribution < -0.4 is 5.69 Å². The number of benzene rings is 1. The van der Waals surface area contributed by atoms with Gasteiger partial charge in [0.25, 0.3) is 0 Å². The molecular formula is C20H22N6O2. The van der Waals surface area contributed by atoms with Gasteiger partial charge < -0.3 is 4.90 Å². The molecule has 1 amide bonds. The Morgan fingerprint density at radius 3 is 2.64 bits per heavy atom. The van der Waals surface area contributed by atoms with Gasteiger partial charge in [-0.2, -0.15) is 10.2 Å². The van der Waals surface area contributed by atoms with Gasteiger partial charge in [-0.25, -0.2) is 14.5 Å². The highest BCUT2D eigenvalue weighted by atomic mass is 16.2. The first-order valence-corrected chi connectivity index (χ1v) is 9.30. The van der Waals surface area contributed by atoms with Gasteiger partial charge in [-0.3, -0.25) is 9.48 Å². The fourth-order valence-corrected chi connectivity index (χ4v) is 3.57. The summed E-state index contributed by atoms with van der Waals surface area (Å²) in [4.78, 5) is 26.5. The summed E-state index contributed by atoms with van der Waals surface area (Å²) in [7, 11) is 1.84. The molecule has 0 aliphatic carbocycles. The lowest BCUT2D eigenvalue weighted by atomic mass is 9.95. The van der Waals surface area contributed by atoms with Crippen molar-refractivity contribution in [2.24, 2.45) is 7.05 Å². The van der Waals surface area contributed by atoms with Crippen LogP contribution >= 0.6 is 0 Å². The molecule has 0 saturated carbocycles. The lowest BCUT2D eigenvalue weighted by Gasteiger charge is -2.30. The van der Waals surface area contributed by atoms with Crippen LogP contribution in [-0.2, 0) is 11.8 Å². The number of amides is 1. The van der Waals surface area contributed by atoms with Crippen molar-refractivity contribution in [2.45, 2.75) is 18.8 Å². The number of aromatic amines is 1. The van der Waals surface area contributed by atoms with Crippen molar-refractivity contribution >= 4 is 12.0 Å². The van der Waals surface area contributed by atoms with Crippen LogP contribution in [0.5, 0.6) is 0 Å². The summed E-state index contributed by atoms with van der Waals surface area (Å²) >= 11 is 0. The highest BCUT2D eigenvalue weighted by Gasteiger charge is 2.27. The molecule has 0 radical (unpaired) electrons. The van der Waals surface area contributed by atoms with Crippen molar-refractivity contribution in [2.75, 3.05) is 13.1 Å². The molecule has 0 bridgehead atoms. The molecular weight excluding hydrogens is 356 g/mol. The van der Waals surface area contributed by atoms with E-state index in [-0.39, 0.29) is 17.5 Å². The lowest BCUT2D eigenvalue weighted by molar-refractivity contribution is -0.127. The maximum absolute atomic E-state index is 12.4. The van der Waals surface area contributed by atoms with Crippen LogP contribution in [0.4, 0.5) is 0 Å². The fraction of sp³-hybridized carbons (Fsp3) is 0.300. The SMILES string of the molecule is Cn1cc(/C=C/C(=O)N2CCC(c3n[nH]c(=O)n3-c3ccccc3)CC2)cn1. The molecule has 0 spiro atoms. The quantitative estimate of drug-likeness (QED) is 0.700. The van der Waals surface area contributed by atoms with E-state index in [1.807, 2.05) is 48.5 Å². The van der Waals surface area contributed by atoms with Gasteiger partial charge in [-0.05, 0) is 31.1 Å². The van der Waals surface area contributed by atoms with E-state index in [1.54, 1.807) is 27.6 Å². The van der Waals surface area contributed by atoms with Crippen LogP contribution in [0, 0.1) is 0 Å². The molecule has 3 aromatic rings. The highest BCUT2D eigenvalue weighted by Crippen LogP contribution is 2.27. The Bertz CT molecular complexity index is 1040. The molecule has 28 heavy (non-hydrogen) atoms. The van der Waals surface area contributed by atoms with E-state index < -0.39 is 0 Å². The maximum atomic E-state index is 12.4. The molecule has 144 valence electrons. The predicted molar refractivity (Wildman–Crippen MR) is 105 cm³/mol. The topological polar surface area (TPSA) is 88.8 Å². The number of likely N-dealkylation sites (tertiary alicyclic amines) is 1. The number of nitrogens with one attached hydrogen (secondary N) is 1. The second-order valence-electron chi connectivity index (χ2n) is 6.94. The number of carbonyl (C=O) groups is 1. The van der Waals surface area contributed by atoms with E-state index in [0.29, 0.717) is 13.1 Å². The number of aryl methyl sites for hydroxylation is 1. The molecule has 8 nitrogen and oxygen atoms in total. The molecule has 1 saturated heterocycles. The summed E-state index contributed by atoms with van der Waals surface area (Å²) in [6.45, 7) is 1.27. The summed E-state index contributed by atoms with van der Waals surface area (Å²) in [5.74, 6) is 0.851. The van der Waals surface area contributed by atoms with Gasteiger partial charge in [-0.1, -0.05) is 18.2 Å². The van der Waals surface area contributed by atoms with Gasteiger partial charge in [-0.15, -0.1) is 0 Å². The number of carbonyl (C=O) groups excluding carboxylic acids is 1. The lowest BCUT2D eigenvalue weighted by Crippen LogP contribution is -2.37. The van der Waals surface area contributed by atoms with Gasteiger partial charge in [0, 0.05) is 43.9 Å². The first-order valence-electron chi connectivity index (χ1n) is 9.30. The third-order valence-electron chi connectivity index (χ3n) is 5.03. The Hall–Kier alpha value is -3.42. The number of nitrogens with zero attached hydrogens (tertiary/aromatic N) is 5. The summed E-state index contributed by atoms with van der Waals surface area (Å²) in [6.07, 6.45) is 8.48. The minimum absolute atomic E-state index is 0.00946. The van der Waals surface area contributed by atoms with E-state index in [1.165, 1.54) is 0 Å². The number of piperidine rings is 1. The van der Waals surface area contributed by atoms with Gasteiger partial charge in [0.15, 0.2) is 0 Å². The Morgan fingerprint density at radius 2 is 1.96 bits per heavy atom. The summed E-state index contributed by atoms with van der Waals surface area (Å²) in [5.41, 5.74) is 1.46. The Balaban J connectivity index is 1.43. The van der Waals surface area contributed by atoms with Gasteiger partial charge in [0.2, 0.25) is 5.91 Å². The van der Waals surface area contributed by atoms with Crippen LogP contribution in [0.3, 0.4) is 0 Å². The number of rotatable bonds is 4. The second-order valence-corrected chi connectivity index (χ2v) is 6.94. The van der Waals surface area contributed by atoms with E-state index >= 15 is 0 Å². The van der Waals surface area contributed by atoms with E-state index in [2.05, 4.69) is 15.3 Å². The summed E-state index contributed by atoms with van der Waals surface area (Å²) in [5, 5.41) is 10.9. The number of hydrogen-bond donors (Lipinski definition) is 1. The molecule has 3 heterocycles. The van der Waals surface area contributed by atoms with Crippen molar-refractivity contribution < 1.29 is 4.79 Å². The number of hydrogen-bond acceptors (Lipinski definition) is 4. The number of para-hydroxylation sites is 1. The zero-order valence-electron chi connectivity index (χ0n) is 15.7. The molecule has 0 atom stereocenters. The van der Waals surface area contributed by atoms with Crippen LogP contribution in [0.15, 0.2) is 53.6 Å². The average molecular weight is 378 g/mol. The minimum atomic E-state index is -0.237. The van der Waals surface area contributed by atoms with Gasteiger partial charge in [0.1, 0.15) is 5.82 Å². The van der Waals surface area contributed by atoms with Crippen molar-refractivity contribution in [3.63, 3.8) is 0 Å². The third-order valence-corrected chi connectivity index (χ3v) is 5.03. The van der Waals surface area contributed by atoms with Crippen molar-refractivity contribution in [3.05, 3.63) is 70.7 Å². The second kappa shape index (κ2) is 7.67. The molecule has 4 rings (SSSR count). The molecule has 2 aromatic heterocycles. The van der Waals surface area contributed by atoms with Crippen molar-refractivity contribution in [1.82, 2.24) is 29.4 Å². The monoisotopic (exact) mass is 378 g/mol. The minimum Gasteiger partial charge on any atom is -0.339 e. The Kier molecular flexibility index (Phi) is 4.92. The molecule has 8 heteroatoms. The standard InChI is InChI=1S/C20H22N6O2/c1-24-14-15(13-21-24)7-8-18(27)25-11-9-16(10-12-25)19-22-23-20(28)26(19)17-5-3-2-4-6-17/h2-8,13-14,16H,9-12H2,1H3,(H,23,28)/b8-7+. The summed E-state index contributed by atoms with van der Waals surface area (Å²) < 4.78 is 3.33. The molecule has 1 aliphatic heterocycles. The van der Waals surface area contributed by atoms with Crippen LogP contribution in [-0.4, -0.2) is 48.4 Å². The third kappa shape index (κ3) is 3.66. The molecule has 0 unspecified atom stereocenters. The molecule has 1 aliphatic rings. The van der Waals surface area contributed by atoms with Gasteiger partial charge >= 0.3 is 5.69 Å². The maximum Gasteiger partial charge on any atom is 0.347 e.